The van der Waals surface area contributed by atoms with Crippen LogP contribution in [0.3, 0.4) is 0 Å². The molecule has 3 rings (SSSR count). The van der Waals surface area contributed by atoms with Crippen LogP contribution in [-0.2, 0) is 11.8 Å². The molecular weight excluding hydrogens is 356 g/mol. The smallest absolute Gasteiger partial charge is 0.269 e. The number of H-pyrrole nitrogens is 1. The lowest BCUT2D eigenvalue weighted by Gasteiger charge is -2.11. The summed E-state index contributed by atoms with van der Waals surface area (Å²) in [5, 5.41) is 16.8. The predicted molar refractivity (Wildman–Crippen MR) is 107 cm³/mol. The molecule has 28 heavy (non-hydrogen) atoms. The van der Waals surface area contributed by atoms with Gasteiger partial charge in [0.15, 0.2) is 0 Å². The number of para-hydroxylation sites is 1. The summed E-state index contributed by atoms with van der Waals surface area (Å²) < 4.78 is 1.77. The van der Waals surface area contributed by atoms with Gasteiger partial charge in [-0.15, -0.1) is 0 Å². The van der Waals surface area contributed by atoms with Crippen molar-refractivity contribution >= 4 is 17.5 Å². The minimum atomic E-state index is -0.394. The van der Waals surface area contributed by atoms with Gasteiger partial charge in [0.2, 0.25) is 5.91 Å². The van der Waals surface area contributed by atoms with Gasteiger partial charge in [-0.05, 0) is 44.9 Å². The first-order valence-electron chi connectivity index (χ1n) is 8.98. The minimum absolute atomic E-state index is 0.133. The summed E-state index contributed by atoms with van der Waals surface area (Å²) in [5.41, 5.74) is 6.35. The third kappa shape index (κ3) is 3.80. The number of nitrogens with zero attached hydrogens (tertiary/aromatic N) is 3. The molecule has 0 unspecified atom stereocenters. The Kier molecular flexibility index (Phi) is 5.30. The second kappa shape index (κ2) is 7.67. The van der Waals surface area contributed by atoms with Gasteiger partial charge in [-0.1, -0.05) is 18.2 Å². The SMILES string of the molecule is Cc1cccc(C)c1NC(=O)CNC(=O)c1cc(-c2c(C)nn(C)c2C)n[nH]1. The molecule has 3 N–H and O–H groups in total. The number of aryl methyl sites for hydroxylation is 4. The third-order valence-corrected chi connectivity index (χ3v) is 4.74. The largest absolute Gasteiger partial charge is 0.342 e. The molecule has 0 fully saturated rings. The highest BCUT2D eigenvalue weighted by atomic mass is 16.2. The highest BCUT2D eigenvalue weighted by Crippen LogP contribution is 2.25. The number of hydrogen-bond donors (Lipinski definition) is 3. The normalized spacial score (nSPS) is 10.8. The first kappa shape index (κ1) is 19.3. The van der Waals surface area contributed by atoms with Gasteiger partial charge in [-0.2, -0.15) is 10.2 Å². The topological polar surface area (TPSA) is 105 Å². The van der Waals surface area contributed by atoms with Crippen LogP contribution < -0.4 is 10.6 Å². The zero-order chi connectivity index (χ0) is 20.4. The third-order valence-electron chi connectivity index (χ3n) is 4.74. The maximum Gasteiger partial charge on any atom is 0.269 e. The molecule has 0 aliphatic carbocycles. The molecule has 0 aliphatic rings. The van der Waals surface area contributed by atoms with Crippen LogP contribution in [0.1, 0.15) is 33.0 Å². The molecule has 2 amide bonds. The van der Waals surface area contributed by atoms with Crippen LogP contribution in [0.15, 0.2) is 24.3 Å². The fourth-order valence-corrected chi connectivity index (χ4v) is 3.16. The zero-order valence-corrected chi connectivity index (χ0v) is 16.7. The molecule has 2 heterocycles. The summed E-state index contributed by atoms with van der Waals surface area (Å²) in [7, 11) is 1.86. The quantitative estimate of drug-likeness (QED) is 0.632. The minimum Gasteiger partial charge on any atom is -0.342 e. The maximum atomic E-state index is 12.4. The van der Waals surface area contributed by atoms with Gasteiger partial charge < -0.3 is 10.6 Å². The van der Waals surface area contributed by atoms with Crippen LogP contribution >= 0.6 is 0 Å². The van der Waals surface area contributed by atoms with Crippen molar-refractivity contribution in [2.45, 2.75) is 27.7 Å². The van der Waals surface area contributed by atoms with Crippen molar-refractivity contribution in [2.24, 2.45) is 7.05 Å². The number of hydrogen-bond acceptors (Lipinski definition) is 4. The molecule has 2 aromatic heterocycles. The number of benzene rings is 1. The van der Waals surface area contributed by atoms with Crippen molar-refractivity contribution in [3.63, 3.8) is 0 Å². The Hall–Kier alpha value is -3.42. The van der Waals surface area contributed by atoms with Crippen LogP contribution in [0, 0.1) is 27.7 Å². The number of amides is 2. The highest BCUT2D eigenvalue weighted by molar-refractivity contribution is 5.99. The van der Waals surface area contributed by atoms with Gasteiger partial charge in [0, 0.05) is 24.0 Å². The van der Waals surface area contributed by atoms with E-state index in [9.17, 15) is 9.59 Å². The van der Waals surface area contributed by atoms with Gasteiger partial charge >= 0.3 is 0 Å². The first-order chi connectivity index (χ1) is 13.3. The van der Waals surface area contributed by atoms with Crippen molar-refractivity contribution < 1.29 is 9.59 Å². The molecule has 8 heteroatoms. The molecular formula is C20H24N6O2. The summed E-state index contributed by atoms with van der Waals surface area (Å²) in [6.07, 6.45) is 0. The standard InChI is InChI=1S/C20H24N6O2/c1-11-7-6-8-12(2)19(11)22-17(27)10-21-20(28)16-9-15(23-24-16)18-13(3)25-26(5)14(18)4/h6-9H,10H2,1-5H3,(H,21,28)(H,22,27)(H,23,24). The zero-order valence-electron chi connectivity index (χ0n) is 16.7. The van der Waals surface area contributed by atoms with Crippen LogP contribution in [0.2, 0.25) is 0 Å². The Morgan fingerprint density at radius 2 is 1.82 bits per heavy atom. The molecule has 0 aliphatic heterocycles. The summed E-state index contributed by atoms with van der Waals surface area (Å²) >= 11 is 0. The van der Waals surface area contributed by atoms with E-state index >= 15 is 0 Å². The molecule has 0 radical (unpaired) electrons. The molecule has 0 saturated heterocycles. The molecule has 8 nitrogen and oxygen atoms in total. The Bertz CT molecular complexity index is 1030. The molecule has 0 saturated carbocycles. The highest BCUT2D eigenvalue weighted by Gasteiger charge is 2.17. The molecule has 0 spiro atoms. The number of carbonyl (C=O) groups excluding carboxylic acids is 2. The van der Waals surface area contributed by atoms with E-state index in [0.29, 0.717) is 5.69 Å². The molecule has 1 aromatic carbocycles. The Labute approximate surface area is 163 Å². The molecule has 146 valence electrons. The Balaban J connectivity index is 1.64. The van der Waals surface area contributed by atoms with Crippen LogP contribution in [-0.4, -0.2) is 38.3 Å². The fourth-order valence-electron chi connectivity index (χ4n) is 3.16. The maximum absolute atomic E-state index is 12.4. The second-order valence-electron chi connectivity index (χ2n) is 6.83. The van der Waals surface area contributed by atoms with Crippen molar-refractivity contribution in [1.29, 1.82) is 0 Å². The Morgan fingerprint density at radius 3 is 2.43 bits per heavy atom. The monoisotopic (exact) mass is 380 g/mol. The number of rotatable bonds is 5. The lowest BCUT2D eigenvalue weighted by Crippen LogP contribution is -2.33. The van der Waals surface area contributed by atoms with E-state index in [-0.39, 0.29) is 18.1 Å². The van der Waals surface area contributed by atoms with Crippen LogP contribution in [0.5, 0.6) is 0 Å². The van der Waals surface area contributed by atoms with E-state index < -0.39 is 5.91 Å². The van der Waals surface area contributed by atoms with E-state index in [2.05, 4.69) is 25.9 Å². The van der Waals surface area contributed by atoms with Gasteiger partial charge in [-0.3, -0.25) is 19.4 Å². The molecule has 3 aromatic rings. The lowest BCUT2D eigenvalue weighted by molar-refractivity contribution is -0.115. The van der Waals surface area contributed by atoms with Crippen molar-refractivity contribution in [2.75, 3.05) is 11.9 Å². The second-order valence-corrected chi connectivity index (χ2v) is 6.83. The number of nitrogens with one attached hydrogen (secondary N) is 3. The van der Waals surface area contributed by atoms with E-state index in [1.807, 2.05) is 52.9 Å². The molecule has 0 atom stereocenters. The van der Waals surface area contributed by atoms with E-state index in [4.69, 9.17) is 0 Å². The number of aromatic amines is 1. The van der Waals surface area contributed by atoms with Gasteiger partial charge in [0.05, 0.1) is 17.9 Å². The fraction of sp³-hybridized carbons (Fsp3) is 0.300. The lowest BCUT2D eigenvalue weighted by atomic mass is 10.1. The van der Waals surface area contributed by atoms with Crippen molar-refractivity contribution in [3.8, 4) is 11.3 Å². The predicted octanol–water partition coefficient (Wildman–Crippen LogP) is 2.41. The summed E-state index contributed by atoms with van der Waals surface area (Å²) in [6.45, 7) is 7.56. The summed E-state index contributed by atoms with van der Waals surface area (Å²) in [5.74, 6) is -0.681. The van der Waals surface area contributed by atoms with Crippen molar-refractivity contribution in [3.05, 3.63) is 52.5 Å². The number of carbonyl (C=O) groups is 2. The van der Waals surface area contributed by atoms with Crippen LogP contribution in [0.4, 0.5) is 5.69 Å². The van der Waals surface area contributed by atoms with E-state index in [1.165, 1.54) is 0 Å². The summed E-state index contributed by atoms with van der Waals surface area (Å²) in [4.78, 5) is 24.6. The van der Waals surface area contributed by atoms with E-state index in [1.54, 1.807) is 10.7 Å². The van der Waals surface area contributed by atoms with Crippen molar-refractivity contribution in [1.82, 2.24) is 25.3 Å². The summed E-state index contributed by atoms with van der Waals surface area (Å²) in [6, 6.07) is 7.45. The average Bonchev–Trinajstić information content (AvgIpc) is 3.21. The number of aromatic nitrogens is 4. The molecule has 0 bridgehead atoms. The Morgan fingerprint density at radius 1 is 1.14 bits per heavy atom. The first-order valence-corrected chi connectivity index (χ1v) is 8.98. The van der Waals surface area contributed by atoms with E-state index in [0.717, 1.165) is 33.8 Å². The number of anilines is 1. The van der Waals surface area contributed by atoms with Gasteiger partial charge in [0.25, 0.3) is 5.91 Å². The average molecular weight is 380 g/mol. The van der Waals surface area contributed by atoms with Gasteiger partial charge in [-0.25, -0.2) is 0 Å². The van der Waals surface area contributed by atoms with Gasteiger partial charge in [0.1, 0.15) is 5.69 Å². The van der Waals surface area contributed by atoms with Crippen LogP contribution in [0.25, 0.3) is 11.3 Å².